The van der Waals surface area contributed by atoms with E-state index in [1.807, 2.05) is 19.1 Å². The highest BCUT2D eigenvalue weighted by atomic mass is 16.5. The highest BCUT2D eigenvalue weighted by Crippen LogP contribution is 2.12. The third kappa shape index (κ3) is 2.76. The maximum Gasteiger partial charge on any atom is 0.117 e. The molecule has 2 heteroatoms. The quantitative estimate of drug-likeness (QED) is 0.612. The van der Waals surface area contributed by atoms with E-state index in [0.717, 1.165) is 18.4 Å². The average Bonchev–Trinajstić information content (AvgIpc) is 2.06. The first-order chi connectivity index (χ1) is 5.33. The van der Waals surface area contributed by atoms with E-state index in [0.29, 0.717) is 0 Å². The minimum atomic E-state index is 0.129. The molecule has 11 heavy (non-hydrogen) atoms. The van der Waals surface area contributed by atoms with Crippen molar-refractivity contribution in [3.8, 4) is 0 Å². The molecule has 2 nitrogen and oxygen atoms in total. The molecular weight excluding hydrogens is 140 g/mol. The van der Waals surface area contributed by atoms with E-state index >= 15 is 0 Å². The van der Waals surface area contributed by atoms with E-state index in [1.54, 1.807) is 6.26 Å². The molecule has 0 fully saturated rings. The maximum absolute atomic E-state index is 8.72. The number of hydrogen-bond donors (Lipinski definition) is 1. The molecule has 1 N–H and O–H groups in total. The molecule has 0 aromatic carbocycles. The van der Waals surface area contributed by atoms with E-state index < -0.39 is 0 Å². The molecule has 1 aliphatic heterocycles. The Kier molecular flexibility index (Phi) is 3.17. The number of allylic oxidation sites excluding steroid dienone is 1. The molecular formula is C9H14O2. The molecule has 1 unspecified atom stereocenters. The second-order valence-corrected chi connectivity index (χ2v) is 2.79. The van der Waals surface area contributed by atoms with Crippen LogP contribution in [0.4, 0.5) is 0 Å². The van der Waals surface area contributed by atoms with Crippen LogP contribution in [0.5, 0.6) is 0 Å². The van der Waals surface area contributed by atoms with Crippen LogP contribution in [0.2, 0.25) is 0 Å². The van der Waals surface area contributed by atoms with E-state index in [-0.39, 0.29) is 12.7 Å². The molecule has 1 heterocycles. The summed E-state index contributed by atoms with van der Waals surface area (Å²) in [5, 5.41) is 8.72. The summed E-state index contributed by atoms with van der Waals surface area (Å²) in [5.41, 5.74) is 0.977. The zero-order valence-corrected chi connectivity index (χ0v) is 6.79. The fourth-order valence-corrected chi connectivity index (χ4v) is 1.05. The Morgan fingerprint density at radius 3 is 3.18 bits per heavy atom. The predicted molar refractivity (Wildman–Crippen MR) is 44.1 cm³/mol. The lowest BCUT2D eigenvalue weighted by molar-refractivity contribution is 0.163. The van der Waals surface area contributed by atoms with Crippen molar-refractivity contribution in [1.82, 2.24) is 0 Å². The zero-order chi connectivity index (χ0) is 8.10. The number of rotatable bonds is 2. The molecule has 0 aromatic rings. The van der Waals surface area contributed by atoms with Crippen molar-refractivity contribution < 1.29 is 9.84 Å². The molecule has 0 bridgehead atoms. The Labute approximate surface area is 67.2 Å². The minimum Gasteiger partial charge on any atom is -0.494 e. The van der Waals surface area contributed by atoms with Crippen molar-refractivity contribution in [2.75, 3.05) is 6.61 Å². The van der Waals surface area contributed by atoms with Crippen LogP contribution in [0.25, 0.3) is 0 Å². The van der Waals surface area contributed by atoms with Crippen molar-refractivity contribution in [1.29, 1.82) is 0 Å². The van der Waals surface area contributed by atoms with Crippen LogP contribution in [0, 0.1) is 0 Å². The largest absolute Gasteiger partial charge is 0.494 e. The second kappa shape index (κ2) is 4.19. The van der Waals surface area contributed by atoms with Crippen LogP contribution < -0.4 is 0 Å². The monoisotopic (exact) mass is 154 g/mol. The Morgan fingerprint density at radius 2 is 2.64 bits per heavy atom. The lowest BCUT2D eigenvalue weighted by Crippen LogP contribution is -2.10. The molecule has 1 aliphatic rings. The van der Waals surface area contributed by atoms with Gasteiger partial charge in [-0.2, -0.15) is 0 Å². The van der Waals surface area contributed by atoms with Gasteiger partial charge in [0.1, 0.15) is 6.10 Å². The Balaban J connectivity index is 2.42. The minimum absolute atomic E-state index is 0.129. The summed E-state index contributed by atoms with van der Waals surface area (Å²) in [4.78, 5) is 0. The van der Waals surface area contributed by atoms with E-state index in [2.05, 4.69) is 0 Å². The average molecular weight is 154 g/mol. The summed E-state index contributed by atoms with van der Waals surface area (Å²) in [6, 6.07) is 0. The summed E-state index contributed by atoms with van der Waals surface area (Å²) in [6.07, 6.45) is 7.98. The summed E-state index contributed by atoms with van der Waals surface area (Å²) < 4.78 is 5.28. The molecule has 0 amide bonds. The van der Waals surface area contributed by atoms with Gasteiger partial charge in [-0.1, -0.05) is 0 Å². The van der Waals surface area contributed by atoms with Gasteiger partial charge in [0.15, 0.2) is 0 Å². The summed E-state index contributed by atoms with van der Waals surface area (Å²) in [6.45, 7) is 2.03. The van der Waals surface area contributed by atoms with Crippen molar-refractivity contribution in [2.45, 2.75) is 25.9 Å². The van der Waals surface area contributed by atoms with Gasteiger partial charge < -0.3 is 9.84 Å². The Hall–Kier alpha value is -0.760. The molecule has 1 rings (SSSR count). The van der Waals surface area contributed by atoms with Crippen molar-refractivity contribution >= 4 is 0 Å². The van der Waals surface area contributed by atoms with E-state index in [9.17, 15) is 0 Å². The van der Waals surface area contributed by atoms with Gasteiger partial charge in [-0.05, 0) is 37.5 Å². The fourth-order valence-electron chi connectivity index (χ4n) is 1.05. The standard InChI is InChI=1S/C9H14O2/c1-8(7-10)6-9-4-2-3-5-11-9/h3,5-6,9-10H,2,4,7H2,1H3/b8-6+. The van der Waals surface area contributed by atoms with Gasteiger partial charge in [-0.15, -0.1) is 0 Å². The van der Waals surface area contributed by atoms with Crippen molar-refractivity contribution in [3.05, 3.63) is 24.0 Å². The fraction of sp³-hybridized carbons (Fsp3) is 0.556. The van der Waals surface area contributed by atoms with Crippen molar-refractivity contribution in [3.63, 3.8) is 0 Å². The lowest BCUT2D eigenvalue weighted by Gasteiger charge is -2.16. The van der Waals surface area contributed by atoms with Crippen molar-refractivity contribution in [2.24, 2.45) is 0 Å². The molecule has 1 atom stereocenters. The predicted octanol–water partition coefficient (Wildman–Crippen LogP) is 1.62. The number of aliphatic hydroxyl groups is 1. The van der Waals surface area contributed by atoms with Crippen LogP contribution in [-0.2, 0) is 4.74 Å². The summed E-state index contributed by atoms with van der Waals surface area (Å²) in [7, 11) is 0. The molecule has 0 spiro atoms. The SMILES string of the molecule is C/C(=C\C1CCC=CO1)CO. The van der Waals surface area contributed by atoms with Crippen LogP contribution in [0.15, 0.2) is 24.0 Å². The number of ether oxygens (including phenoxy) is 1. The first kappa shape index (κ1) is 8.34. The van der Waals surface area contributed by atoms with Gasteiger partial charge in [-0.25, -0.2) is 0 Å². The van der Waals surface area contributed by atoms with Gasteiger partial charge in [-0.3, -0.25) is 0 Å². The van der Waals surface area contributed by atoms with E-state index in [1.165, 1.54) is 0 Å². The van der Waals surface area contributed by atoms with Gasteiger partial charge in [0.25, 0.3) is 0 Å². The van der Waals surface area contributed by atoms with Gasteiger partial charge in [0, 0.05) is 0 Å². The zero-order valence-electron chi connectivity index (χ0n) is 6.79. The van der Waals surface area contributed by atoms with Gasteiger partial charge >= 0.3 is 0 Å². The van der Waals surface area contributed by atoms with Gasteiger partial charge in [0.05, 0.1) is 12.9 Å². The molecule has 0 radical (unpaired) electrons. The summed E-state index contributed by atoms with van der Waals surface area (Å²) in [5.74, 6) is 0. The maximum atomic E-state index is 8.72. The number of aliphatic hydroxyl groups excluding tert-OH is 1. The van der Waals surface area contributed by atoms with Crippen LogP contribution in [0.3, 0.4) is 0 Å². The Morgan fingerprint density at radius 1 is 1.82 bits per heavy atom. The lowest BCUT2D eigenvalue weighted by atomic mass is 10.1. The highest BCUT2D eigenvalue weighted by Gasteiger charge is 2.06. The number of hydrogen-bond acceptors (Lipinski definition) is 2. The molecule has 62 valence electrons. The van der Waals surface area contributed by atoms with E-state index in [4.69, 9.17) is 9.84 Å². The highest BCUT2D eigenvalue weighted by molar-refractivity contribution is 5.04. The molecule has 0 saturated carbocycles. The first-order valence-corrected chi connectivity index (χ1v) is 3.91. The van der Waals surface area contributed by atoms with Gasteiger partial charge in [0.2, 0.25) is 0 Å². The molecule has 0 aliphatic carbocycles. The molecule has 0 aromatic heterocycles. The third-order valence-electron chi connectivity index (χ3n) is 1.69. The molecule has 0 saturated heterocycles. The third-order valence-corrected chi connectivity index (χ3v) is 1.69. The summed E-state index contributed by atoms with van der Waals surface area (Å²) >= 11 is 0. The second-order valence-electron chi connectivity index (χ2n) is 2.79. The Bertz CT molecular complexity index is 170. The topological polar surface area (TPSA) is 29.5 Å². The first-order valence-electron chi connectivity index (χ1n) is 3.91. The van der Waals surface area contributed by atoms with Crippen LogP contribution in [-0.4, -0.2) is 17.8 Å². The van der Waals surface area contributed by atoms with Crippen LogP contribution in [0.1, 0.15) is 19.8 Å². The normalized spacial score (nSPS) is 24.9. The van der Waals surface area contributed by atoms with Crippen LogP contribution >= 0.6 is 0 Å². The smallest absolute Gasteiger partial charge is 0.117 e.